The molecule has 38 heavy (non-hydrogen) atoms. The Kier molecular flexibility index (Phi) is 9.05. The highest BCUT2D eigenvalue weighted by Gasteiger charge is 2.60. The molecule has 0 aromatic carbocycles. The molecule has 0 aromatic heterocycles. The van der Waals surface area contributed by atoms with Crippen molar-refractivity contribution in [2.45, 2.75) is 136 Å². The number of carbonyl (C=O) groups excluding carboxylic acids is 1. The first kappa shape index (κ1) is 30.3. The third-order valence-corrected chi connectivity index (χ3v) is 14.9. The van der Waals surface area contributed by atoms with Crippen molar-refractivity contribution in [2.24, 2.45) is 52.3 Å². The SMILES string of the molecule is CC(CCCNC(=O)CC[C@@H](C)[C@H]1CC[C@H]2[C@@H]3CCC4CCCC[C@]4(C)[C@H]3CC[C@]12C)C(C)(C)S(=O)(=O)O. The van der Waals surface area contributed by atoms with E-state index < -0.39 is 14.9 Å². The molecule has 220 valence electrons. The standard InChI is InChI=1S/C32H57NO4S/c1-22(12-17-29(34)33-21-9-10-23(2)30(3,4)38(35,36)37)26-15-16-27-25-14-13-24-11-7-8-19-31(24,5)28(25)18-20-32(26,27)6/h22-28H,7-21H2,1-6H3,(H,33,34)(H,35,36,37)/t22-,23?,24?,25+,26-,27+,28+,31+,32-/m1/s1. The minimum atomic E-state index is -4.10. The number of fused-ring (bicyclic) bond motifs is 5. The predicted octanol–water partition coefficient (Wildman–Crippen LogP) is 7.65. The molecule has 4 rings (SSSR count). The van der Waals surface area contributed by atoms with Crippen molar-refractivity contribution in [2.75, 3.05) is 6.54 Å². The van der Waals surface area contributed by atoms with E-state index in [1.54, 1.807) is 13.8 Å². The van der Waals surface area contributed by atoms with Crippen LogP contribution >= 0.6 is 0 Å². The number of rotatable bonds is 10. The van der Waals surface area contributed by atoms with Gasteiger partial charge in [-0.25, -0.2) is 0 Å². The highest BCUT2D eigenvalue weighted by atomic mass is 32.2. The minimum absolute atomic E-state index is 0.116. The molecular formula is C32H57NO4S. The van der Waals surface area contributed by atoms with Crippen LogP contribution in [-0.2, 0) is 14.9 Å². The Balaban J connectivity index is 1.24. The van der Waals surface area contributed by atoms with Gasteiger partial charge in [-0.3, -0.25) is 9.35 Å². The molecule has 0 spiro atoms. The Bertz CT molecular complexity index is 947. The zero-order valence-electron chi connectivity index (χ0n) is 25.2. The van der Waals surface area contributed by atoms with Crippen molar-refractivity contribution < 1.29 is 17.8 Å². The number of carbonyl (C=O) groups is 1. The second-order valence-corrected chi connectivity index (χ2v) is 17.1. The molecule has 9 atom stereocenters. The summed E-state index contributed by atoms with van der Waals surface area (Å²) in [6.07, 6.45) is 17.2. The van der Waals surface area contributed by atoms with E-state index in [-0.39, 0.29) is 11.8 Å². The Hall–Kier alpha value is -0.620. The molecule has 0 saturated heterocycles. The zero-order chi connectivity index (χ0) is 27.9. The van der Waals surface area contributed by atoms with Crippen LogP contribution in [0.3, 0.4) is 0 Å². The maximum absolute atomic E-state index is 12.6. The van der Waals surface area contributed by atoms with Crippen molar-refractivity contribution >= 4 is 16.0 Å². The normalized spacial score (nSPS) is 39.0. The third-order valence-electron chi connectivity index (χ3n) is 13.2. The van der Waals surface area contributed by atoms with E-state index in [2.05, 4.69) is 26.1 Å². The van der Waals surface area contributed by atoms with Crippen molar-refractivity contribution in [1.82, 2.24) is 5.32 Å². The van der Waals surface area contributed by atoms with Crippen molar-refractivity contribution in [3.63, 3.8) is 0 Å². The summed E-state index contributed by atoms with van der Waals surface area (Å²) in [5, 5.41) is 3.06. The fourth-order valence-electron chi connectivity index (χ4n) is 10.2. The monoisotopic (exact) mass is 551 g/mol. The summed E-state index contributed by atoms with van der Waals surface area (Å²) in [4.78, 5) is 12.6. The smallest absolute Gasteiger partial charge is 0.270 e. The van der Waals surface area contributed by atoms with E-state index in [0.717, 1.165) is 36.0 Å². The van der Waals surface area contributed by atoms with Crippen LogP contribution in [0.25, 0.3) is 0 Å². The van der Waals surface area contributed by atoms with E-state index in [4.69, 9.17) is 0 Å². The van der Waals surface area contributed by atoms with Crippen LogP contribution in [0.1, 0.15) is 131 Å². The Morgan fingerprint density at radius 2 is 1.66 bits per heavy atom. The first-order chi connectivity index (χ1) is 17.7. The summed E-state index contributed by atoms with van der Waals surface area (Å²) in [5.74, 6) is 4.99. The van der Waals surface area contributed by atoms with Gasteiger partial charge in [0.15, 0.2) is 0 Å². The highest BCUT2D eigenvalue weighted by Crippen LogP contribution is 2.68. The second-order valence-electron chi connectivity index (χ2n) is 15.1. The summed E-state index contributed by atoms with van der Waals surface area (Å²) < 4.78 is 31.6. The van der Waals surface area contributed by atoms with Gasteiger partial charge < -0.3 is 5.32 Å². The summed E-state index contributed by atoms with van der Waals surface area (Å²) in [6.45, 7) is 13.2. The summed E-state index contributed by atoms with van der Waals surface area (Å²) in [6, 6.07) is 0. The molecule has 4 saturated carbocycles. The van der Waals surface area contributed by atoms with Crippen LogP contribution in [0.15, 0.2) is 0 Å². The van der Waals surface area contributed by atoms with E-state index in [1.807, 2.05) is 6.92 Å². The molecule has 0 bridgehead atoms. The van der Waals surface area contributed by atoms with Crippen molar-refractivity contribution in [3.8, 4) is 0 Å². The summed E-state index contributed by atoms with van der Waals surface area (Å²) >= 11 is 0. The molecule has 0 aromatic rings. The van der Waals surface area contributed by atoms with E-state index in [0.29, 0.717) is 42.6 Å². The van der Waals surface area contributed by atoms with Gasteiger partial charge in [-0.05, 0) is 137 Å². The average molecular weight is 552 g/mol. The topological polar surface area (TPSA) is 83.5 Å². The molecule has 4 fully saturated rings. The number of nitrogens with one attached hydrogen (secondary N) is 1. The fraction of sp³-hybridized carbons (Fsp3) is 0.969. The lowest BCUT2D eigenvalue weighted by Crippen LogP contribution is -2.53. The van der Waals surface area contributed by atoms with Gasteiger partial charge in [-0.15, -0.1) is 0 Å². The first-order valence-corrected chi connectivity index (χ1v) is 17.4. The maximum Gasteiger partial charge on any atom is 0.270 e. The highest BCUT2D eigenvalue weighted by molar-refractivity contribution is 7.87. The lowest BCUT2D eigenvalue weighted by atomic mass is 9.44. The Labute approximate surface area is 233 Å². The quantitative estimate of drug-likeness (QED) is 0.216. The number of amides is 1. The lowest BCUT2D eigenvalue weighted by molar-refractivity contribution is -0.122. The summed E-state index contributed by atoms with van der Waals surface area (Å²) in [5.41, 5.74) is 1.05. The third kappa shape index (κ3) is 5.60. The largest absolute Gasteiger partial charge is 0.356 e. The second kappa shape index (κ2) is 11.3. The lowest BCUT2D eigenvalue weighted by Gasteiger charge is -2.61. The van der Waals surface area contributed by atoms with Crippen LogP contribution in [0.4, 0.5) is 0 Å². The zero-order valence-corrected chi connectivity index (χ0v) is 26.0. The predicted molar refractivity (Wildman–Crippen MR) is 155 cm³/mol. The van der Waals surface area contributed by atoms with Gasteiger partial charge in [0, 0.05) is 13.0 Å². The molecule has 0 heterocycles. The van der Waals surface area contributed by atoms with Crippen LogP contribution in [0, 0.1) is 52.3 Å². The Morgan fingerprint density at radius 1 is 0.947 bits per heavy atom. The van der Waals surface area contributed by atoms with Crippen LogP contribution < -0.4 is 5.32 Å². The van der Waals surface area contributed by atoms with Gasteiger partial charge >= 0.3 is 0 Å². The Morgan fingerprint density at radius 3 is 2.37 bits per heavy atom. The molecule has 2 unspecified atom stereocenters. The minimum Gasteiger partial charge on any atom is -0.356 e. The van der Waals surface area contributed by atoms with E-state index in [9.17, 15) is 17.8 Å². The number of hydrogen-bond donors (Lipinski definition) is 2. The van der Waals surface area contributed by atoms with Crippen molar-refractivity contribution in [1.29, 1.82) is 0 Å². The molecule has 0 aliphatic heterocycles. The molecule has 2 N–H and O–H groups in total. The molecule has 1 amide bonds. The first-order valence-electron chi connectivity index (χ1n) is 16.0. The summed E-state index contributed by atoms with van der Waals surface area (Å²) in [7, 11) is -4.10. The van der Waals surface area contributed by atoms with Crippen molar-refractivity contribution in [3.05, 3.63) is 0 Å². The number of hydrogen-bond acceptors (Lipinski definition) is 3. The molecule has 5 nitrogen and oxygen atoms in total. The molecule has 0 radical (unpaired) electrons. The maximum atomic E-state index is 12.6. The van der Waals surface area contributed by atoms with Gasteiger partial charge in [0.1, 0.15) is 0 Å². The van der Waals surface area contributed by atoms with Gasteiger partial charge in [0.2, 0.25) is 5.91 Å². The molecule has 6 heteroatoms. The molecule has 4 aliphatic rings. The fourth-order valence-corrected chi connectivity index (χ4v) is 10.8. The van der Waals surface area contributed by atoms with Gasteiger partial charge in [0.25, 0.3) is 10.1 Å². The average Bonchev–Trinajstić information content (AvgIpc) is 3.21. The van der Waals surface area contributed by atoms with Gasteiger partial charge in [-0.2, -0.15) is 8.42 Å². The van der Waals surface area contributed by atoms with Gasteiger partial charge in [-0.1, -0.05) is 40.5 Å². The van der Waals surface area contributed by atoms with Crippen LogP contribution in [-0.4, -0.2) is 30.2 Å². The van der Waals surface area contributed by atoms with Crippen LogP contribution in [0.5, 0.6) is 0 Å². The molecular weight excluding hydrogens is 494 g/mol. The van der Waals surface area contributed by atoms with Gasteiger partial charge in [0.05, 0.1) is 4.75 Å². The molecule has 4 aliphatic carbocycles. The van der Waals surface area contributed by atoms with E-state index in [1.165, 1.54) is 64.2 Å². The van der Waals surface area contributed by atoms with Crippen LogP contribution in [0.2, 0.25) is 0 Å². The van der Waals surface area contributed by atoms with E-state index >= 15 is 0 Å².